The fourth-order valence-electron chi connectivity index (χ4n) is 2.58. The normalized spacial score (nSPS) is 10.8. The zero-order valence-electron chi connectivity index (χ0n) is 15.4. The van der Waals surface area contributed by atoms with Crippen molar-refractivity contribution in [3.05, 3.63) is 70.2 Å². The van der Waals surface area contributed by atoms with Crippen LogP contribution < -0.4 is 10.2 Å². The van der Waals surface area contributed by atoms with Crippen LogP contribution in [-0.2, 0) is 9.53 Å². The fraction of sp³-hybridized carbons (Fsp3) is 0.0952. The Hall–Kier alpha value is -3.39. The quantitative estimate of drug-likeness (QED) is 0.335. The summed E-state index contributed by atoms with van der Waals surface area (Å²) in [6.45, 7) is -0.254. The molecule has 0 aliphatic rings. The number of ether oxygens (including phenoxy) is 2. The third-order valence-electron chi connectivity index (χ3n) is 4.02. The van der Waals surface area contributed by atoms with Crippen LogP contribution in [-0.4, -0.2) is 36.9 Å². The van der Waals surface area contributed by atoms with E-state index in [1.54, 1.807) is 24.3 Å². The molecule has 3 aromatic rings. The van der Waals surface area contributed by atoms with Gasteiger partial charge in [-0.2, -0.15) is 5.10 Å². The molecule has 0 radical (unpaired) electrons. The van der Waals surface area contributed by atoms with Gasteiger partial charge in [0.15, 0.2) is 6.61 Å². The van der Waals surface area contributed by atoms with Gasteiger partial charge in [0.2, 0.25) is 0 Å². The molecule has 0 fully saturated rings. The number of nitrogens with zero attached hydrogens (tertiary/aromatic N) is 1. The van der Waals surface area contributed by atoms with Crippen LogP contribution in [0.25, 0.3) is 10.8 Å². The number of halogens is 1. The lowest BCUT2D eigenvalue weighted by Gasteiger charge is -2.08. The fourth-order valence-corrected chi connectivity index (χ4v) is 2.96. The summed E-state index contributed by atoms with van der Waals surface area (Å²) in [5, 5.41) is 15.7. The summed E-state index contributed by atoms with van der Waals surface area (Å²) in [6, 6.07) is 15.6. The molecule has 7 nitrogen and oxygen atoms in total. The van der Waals surface area contributed by atoms with Crippen LogP contribution >= 0.6 is 15.9 Å². The molecule has 1 amide bonds. The van der Waals surface area contributed by atoms with Gasteiger partial charge >= 0.3 is 5.97 Å². The van der Waals surface area contributed by atoms with Crippen molar-refractivity contribution < 1.29 is 24.2 Å². The summed E-state index contributed by atoms with van der Waals surface area (Å²) in [5.41, 5.74) is 3.03. The summed E-state index contributed by atoms with van der Waals surface area (Å²) >= 11 is 3.35. The Morgan fingerprint density at radius 3 is 2.59 bits per heavy atom. The average Bonchev–Trinajstić information content (AvgIpc) is 2.72. The largest absolute Gasteiger partial charge is 0.507 e. The SMILES string of the molecule is COC(=O)COc1ccc(Br)cc1C=NNC(=O)c1cc2ccccc2cc1O. The molecule has 0 aliphatic carbocycles. The molecule has 3 aromatic carbocycles. The van der Waals surface area contributed by atoms with Gasteiger partial charge in [-0.15, -0.1) is 0 Å². The maximum atomic E-state index is 12.4. The molecule has 148 valence electrons. The van der Waals surface area contributed by atoms with Crippen molar-refractivity contribution in [3.8, 4) is 11.5 Å². The molecule has 0 heterocycles. The Morgan fingerprint density at radius 2 is 1.86 bits per heavy atom. The zero-order valence-corrected chi connectivity index (χ0v) is 17.0. The smallest absolute Gasteiger partial charge is 0.343 e. The second-order valence-electron chi connectivity index (χ2n) is 5.96. The standard InChI is InChI=1S/C21H17BrN2O5/c1-28-20(26)12-29-19-7-6-16(22)8-15(19)11-23-24-21(27)17-9-13-4-2-3-5-14(13)10-18(17)25/h2-11,25H,12H2,1H3,(H,24,27). The third-order valence-corrected chi connectivity index (χ3v) is 4.52. The van der Waals surface area contributed by atoms with Crippen molar-refractivity contribution in [1.82, 2.24) is 5.43 Å². The van der Waals surface area contributed by atoms with Gasteiger partial charge in [-0.3, -0.25) is 4.79 Å². The van der Waals surface area contributed by atoms with E-state index >= 15 is 0 Å². The maximum Gasteiger partial charge on any atom is 0.343 e. The number of hydrogen-bond donors (Lipinski definition) is 2. The highest BCUT2D eigenvalue weighted by atomic mass is 79.9. The Balaban J connectivity index is 1.76. The van der Waals surface area contributed by atoms with Gasteiger partial charge in [-0.25, -0.2) is 10.2 Å². The highest BCUT2D eigenvalue weighted by Gasteiger charge is 2.12. The molecule has 0 unspecified atom stereocenters. The van der Waals surface area contributed by atoms with E-state index in [0.717, 1.165) is 15.2 Å². The van der Waals surface area contributed by atoms with E-state index in [1.807, 2.05) is 24.3 Å². The number of phenolic OH excluding ortho intramolecular Hbond substituents is 1. The third kappa shape index (κ3) is 5.11. The number of fused-ring (bicyclic) bond motifs is 1. The van der Waals surface area contributed by atoms with Crippen molar-refractivity contribution in [1.29, 1.82) is 0 Å². The average molecular weight is 457 g/mol. The molecule has 0 saturated heterocycles. The number of rotatable bonds is 6. The maximum absolute atomic E-state index is 12.4. The predicted molar refractivity (Wildman–Crippen MR) is 112 cm³/mol. The highest BCUT2D eigenvalue weighted by Crippen LogP contribution is 2.25. The second-order valence-corrected chi connectivity index (χ2v) is 6.88. The zero-order chi connectivity index (χ0) is 20.8. The topological polar surface area (TPSA) is 97.2 Å². The van der Waals surface area contributed by atoms with Crippen LogP contribution in [0.2, 0.25) is 0 Å². The number of nitrogens with one attached hydrogen (secondary N) is 1. The number of carbonyl (C=O) groups is 2. The van der Waals surface area contributed by atoms with Crippen molar-refractivity contribution in [2.45, 2.75) is 0 Å². The Bertz CT molecular complexity index is 1100. The summed E-state index contributed by atoms with van der Waals surface area (Å²) in [5.74, 6) is -0.821. The second kappa shape index (κ2) is 9.20. The monoisotopic (exact) mass is 456 g/mol. The molecule has 0 saturated carbocycles. The van der Waals surface area contributed by atoms with Crippen LogP contribution in [0.3, 0.4) is 0 Å². The molecule has 0 atom stereocenters. The number of aromatic hydroxyl groups is 1. The van der Waals surface area contributed by atoms with Gasteiger partial charge in [0, 0.05) is 10.0 Å². The molecule has 0 spiro atoms. The van der Waals surface area contributed by atoms with Gasteiger partial charge in [-0.05, 0) is 41.1 Å². The number of amides is 1. The number of phenols is 1. The number of hydrogen-bond acceptors (Lipinski definition) is 6. The molecule has 29 heavy (non-hydrogen) atoms. The van der Waals surface area contributed by atoms with Crippen molar-refractivity contribution in [3.63, 3.8) is 0 Å². The van der Waals surface area contributed by atoms with E-state index in [9.17, 15) is 14.7 Å². The predicted octanol–water partition coefficient (Wildman–Crippen LogP) is 3.62. The number of hydrazone groups is 1. The summed E-state index contributed by atoms with van der Waals surface area (Å²) in [4.78, 5) is 23.7. The molecule has 8 heteroatoms. The van der Waals surface area contributed by atoms with Gasteiger partial charge in [-0.1, -0.05) is 40.2 Å². The summed E-state index contributed by atoms with van der Waals surface area (Å²) < 4.78 is 10.7. The van der Waals surface area contributed by atoms with Crippen LogP contribution in [0.15, 0.2) is 64.2 Å². The minimum Gasteiger partial charge on any atom is -0.507 e. The Kier molecular flexibility index (Phi) is 6.46. The molecule has 2 N–H and O–H groups in total. The number of esters is 1. The lowest BCUT2D eigenvalue weighted by Crippen LogP contribution is -2.18. The van der Waals surface area contributed by atoms with Gasteiger partial charge in [0.1, 0.15) is 11.5 Å². The van der Waals surface area contributed by atoms with Crippen LogP contribution in [0, 0.1) is 0 Å². The van der Waals surface area contributed by atoms with E-state index in [0.29, 0.717) is 11.3 Å². The van der Waals surface area contributed by atoms with E-state index in [4.69, 9.17) is 4.74 Å². The van der Waals surface area contributed by atoms with Crippen LogP contribution in [0.4, 0.5) is 0 Å². The van der Waals surface area contributed by atoms with Gasteiger partial charge in [0.05, 0.1) is 18.9 Å². The first-order chi connectivity index (χ1) is 14.0. The Labute approximate surface area is 175 Å². The lowest BCUT2D eigenvalue weighted by molar-refractivity contribution is -0.142. The van der Waals surface area contributed by atoms with Crippen LogP contribution in [0.5, 0.6) is 11.5 Å². The first-order valence-electron chi connectivity index (χ1n) is 8.52. The first-order valence-corrected chi connectivity index (χ1v) is 9.31. The molecule has 3 rings (SSSR count). The van der Waals surface area contributed by atoms with E-state index in [-0.39, 0.29) is 17.9 Å². The van der Waals surface area contributed by atoms with Gasteiger partial charge in [0.25, 0.3) is 5.91 Å². The lowest BCUT2D eigenvalue weighted by atomic mass is 10.1. The van der Waals surface area contributed by atoms with Gasteiger partial charge < -0.3 is 14.6 Å². The minimum absolute atomic E-state index is 0.109. The number of methoxy groups -OCH3 is 1. The summed E-state index contributed by atoms with van der Waals surface area (Å²) in [7, 11) is 1.27. The highest BCUT2D eigenvalue weighted by molar-refractivity contribution is 9.10. The molecular formula is C21H17BrN2O5. The van der Waals surface area contributed by atoms with Crippen molar-refractivity contribution >= 4 is 44.8 Å². The van der Waals surface area contributed by atoms with E-state index < -0.39 is 11.9 Å². The van der Waals surface area contributed by atoms with Crippen molar-refractivity contribution in [2.75, 3.05) is 13.7 Å². The van der Waals surface area contributed by atoms with Crippen molar-refractivity contribution in [2.24, 2.45) is 5.10 Å². The molecule has 0 aliphatic heterocycles. The van der Waals surface area contributed by atoms with E-state index in [1.165, 1.54) is 19.4 Å². The van der Waals surface area contributed by atoms with E-state index in [2.05, 4.69) is 31.2 Å². The first kappa shape index (κ1) is 20.3. The Morgan fingerprint density at radius 1 is 1.14 bits per heavy atom. The molecular weight excluding hydrogens is 440 g/mol. The molecule has 0 bridgehead atoms. The van der Waals surface area contributed by atoms with Crippen LogP contribution in [0.1, 0.15) is 15.9 Å². The number of benzene rings is 3. The number of carbonyl (C=O) groups excluding carboxylic acids is 2. The minimum atomic E-state index is -0.559. The molecule has 0 aromatic heterocycles. The summed E-state index contributed by atoms with van der Waals surface area (Å²) in [6.07, 6.45) is 1.38.